The Hall–Kier alpha value is -0.0900. The van der Waals surface area contributed by atoms with Gasteiger partial charge in [0.1, 0.15) is 11.0 Å². The summed E-state index contributed by atoms with van der Waals surface area (Å²) >= 11 is 5.47. The number of halogens is 1. The van der Waals surface area contributed by atoms with Crippen molar-refractivity contribution in [3.8, 4) is 0 Å². The van der Waals surface area contributed by atoms with Gasteiger partial charge in [0.2, 0.25) is 5.90 Å². The Labute approximate surface area is 80.8 Å². The molecule has 0 heterocycles. The largest absolute Gasteiger partial charge is 0.483 e. The average molecular weight is 212 g/mol. The van der Waals surface area contributed by atoms with Gasteiger partial charge in [0.25, 0.3) is 0 Å². The lowest BCUT2D eigenvalue weighted by Crippen LogP contribution is -2.21. The van der Waals surface area contributed by atoms with Gasteiger partial charge in [-0.2, -0.15) is 4.40 Å². The molecule has 0 fully saturated rings. The van der Waals surface area contributed by atoms with E-state index in [1.165, 1.54) is 7.11 Å². The van der Waals surface area contributed by atoms with Gasteiger partial charge >= 0.3 is 0 Å². The summed E-state index contributed by atoms with van der Waals surface area (Å²) < 4.78 is 19.6. The minimum atomic E-state index is -1.29. The van der Waals surface area contributed by atoms with Crippen LogP contribution in [0.5, 0.6) is 0 Å². The van der Waals surface area contributed by atoms with Crippen LogP contribution in [0.25, 0.3) is 0 Å². The van der Waals surface area contributed by atoms with Gasteiger partial charge in [0, 0.05) is 0 Å². The fourth-order valence-corrected chi connectivity index (χ4v) is 1.18. The molecule has 0 aromatic heterocycles. The van der Waals surface area contributed by atoms with Crippen molar-refractivity contribution in [1.29, 1.82) is 0 Å². The maximum absolute atomic E-state index is 11.4. The maximum Gasteiger partial charge on any atom is 0.212 e. The molecule has 0 rings (SSSR count). The summed E-state index contributed by atoms with van der Waals surface area (Å²) in [5.41, 5.74) is 0. The Morgan fingerprint density at radius 2 is 2.08 bits per heavy atom. The van der Waals surface area contributed by atoms with E-state index in [0.717, 1.165) is 0 Å². The molecule has 0 aliphatic heterocycles. The maximum atomic E-state index is 11.4. The van der Waals surface area contributed by atoms with E-state index in [2.05, 4.69) is 4.40 Å². The summed E-state index contributed by atoms with van der Waals surface area (Å²) in [6.45, 7) is 5.52. The van der Waals surface area contributed by atoms with E-state index in [-0.39, 0.29) is 10.6 Å². The number of hydrogen-bond donors (Lipinski definition) is 0. The number of alkyl halides is 1. The molecule has 5 heteroatoms. The third kappa shape index (κ3) is 4.07. The van der Waals surface area contributed by atoms with E-state index in [1.807, 2.05) is 20.8 Å². The third-order valence-corrected chi connectivity index (χ3v) is 2.70. The molecule has 0 spiro atoms. The molecule has 0 radical (unpaired) electrons. The van der Waals surface area contributed by atoms with E-state index in [1.54, 1.807) is 0 Å². The predicted molar refractivity (Wildman–Crippen MR) is 53.1 cm³/mol. The molecule has 0 bridgehead atoms. The summed E-state index contributed by atoms with van der Waals surface area (Å²) in [5.74, 6) is 0.461. The predicted octanol–water partition coefficient (Wildman–Crippen LogP) is 1.73. The van der Waals surface area contributed by atoms with Crippen molar-refractivity contribution in [3.05, 3.63) is 0 Å². The highest BCUT2D eigenvalue weighted by Gasteiger charge is 2.19. The van der Waals surface area contributed by atoms with Crippen LogP contribution in [0.15, 0.2) is 4.40 Å². The number of methoxy groups -OCH3 is 1. The van der Waals surface area contributed by atoms with E-state index >= 15 is 0 Å². The molecule has 72 valence electrons. The number of hydrogen-bond acceptors (Lipinski definition) is 2. The van der Waals surface area contributed by atoms with Gasteiger partial charge in [0.15, 0.2) is 0 Å². The van der Waals surface area contributed by atoms with Crippen LogP contribution in [-0.2, 0) is 15.7 Å². The summed E-state index contributed by atoms with van der Waals surface area (Å²) in [6, 6.07) is 0. The minimum Gasteiger partial charge on any atom is -0.483 e. The first-order valence-electron chi connectivity index (χ1n) is 3.51. The Balaban J connectivity index is 4.42. The summed E-state index contributed by atoms with van der Waals surface area (Å²) in [5, 5.41) is 0. The average Bonchev–Trinajstić information content (AvgIpc) is 1.97. The SMILES string of the molecule is CO/C(CCl)=N\[S@](=O)C(C)(C)C. The highest BCUT2D eigenvalue weighted by atomic mass is 35.5. The first kappa shape index (κ1) is 11.9. The first-order valence-corrected chi connectivity index (χ1v) is 5.15. The Kier molecular flexibility index (Phi) is 4.78. The fourth-order valence-electron chi connectivity index (χ4n) is 0.346. The van der Waals surface area contributed by atoms with Crippen molar-refractivity contribution < 1.29 is 8.95 Å². The zero-order chi connectivity index (χ0) is 9.78. The number of rotatable bonds is 2. The van der Waals surface area contributed by atoms with Crippen LogP contribution in [0.2, 0.25) is 0 Å². The lowest BCUT2D eigenvalue weighted by molar-refractivity contribution is 0.402. The topological polar surface area (TPSA) is 38.7 Å². The van der Waals surface area contributed by atoms with Gasteiger partial charge < -0.3 is 4.74 Å². The quantitative estimate of drug-likeness (QED) is 0.397. The standard InChI is InChI=1S/C7H14ClNO2S/c1-7(2,3)12(10)9-6(5-8)11-4/h5H2,1-4H3/b9-6-/t12-/m1/s1. The highest BCUT2D eigenvalue weighted by molar-refractivity contribution is 7.85. The molecule has 12 heavy (non-hydrogen) atoms. The second kappa shape index (κ2) is 4.82. The van der Waals surface area contributed by atoms with E-state index < -0.39 is 11.0 Å². The van der Waals surface area contributed by atoms with Gasteiger partial charge in [-0.25, -0.2) is 4.21 Å². The van der Waals surface area contributed by atoms with Crippen molar-refractivity contribution in [2.24, 2.45) is 4.40 Å². The summed E-state index contributed by atoms with van der Waals surface area (Å²) in [4.78, 5) is 0. The normalized spacial score (nSPS) is 15.9. The van der Waals surface area contributed by atoms with Gasteiger partial charge in [-0.15, -0.1) is 11.6 Å². The molecule has 0 N–H and O–H groups in total. The molecule has 0 aromatic rings. The molecule has 0 unspecified atom stereocenters. The van der Waals surface area contributed by atoms with Gasteiger partial charge in [0.05, 0.1) is 17.7 Å². The van der Waals surface area contributed by atoms with Crippen molar-refractivity contribution in [3.63, 3.8) is 0 Å². The molecular weight excluding hydrogens is 198 g/mol. The molecule has 0 aliphatic carbocycles. The van der Waals surface area contributed by atoms with Crippen LogP contribution in [-0.4, -0.2) is 27.8 Å². The molecular formula is C7H14ClNO2S. The van der Waals surface area contributed by atoms with Crippen LogP contribution in [0.1, 0.15) is 20.8 Å². The Morgan fingerprint density at radius 1 is 1.58 bits per heavy atom. The monoisotopic (exact) mass is 211 g/mol. The molecule has 0 amide bonds. The first-order chi connectivity index (χ1) is 5.41. The van der Waals surface area contributed by atoms with Gasteiger partial charge in [-0.3, -0.25) is 0 Å². The van der Waals surface area contributed by atoms with Crippen LogP contribution in [0.4, 0.5) is 0 Å². The zero-order valence-electron chi connectivity index (χ0n) is 7.76. The van der Waals surface area contributed by atoms with Gasteiger partial charge in [-0.1, -0.05) is 0 Å². The molecule has 1 atom stereocenters. The van der Waals surface area contributed by atoms with Crippen LogP contribution >= 0.6 is 11.6 Å². The lowest BCUT2D eigenvalue weighted by Gasteiger charge is -2.13. The van der Waals surface area contributed by atoms with Crippen molar-refractivity contribution in [2.75, 3.05) is 13.0 Å². The molecule has 0 saturated carbocycles. The third-order valence-electron chi connectivity index (χ3n) is 1.06. The van der Waals surface area contributed by atoms with E-state index in [9.17, 15) is 4.21 Å². The zero-order valence-corrected chi connectivity index (χ0v) is 9.33. The van der Waals surface area contributed by atoms with E-state index in [4.69, 9.17) is 16.3 Å². The number of ether oxygens (including phenoxy) is 1. The Morgan fingerprint density at radius 3 is 2.33 bits per heavy atom. The minimum absolute atomic E-state index is 0.151. The van der Waals surface area contributed by atoms with Crippen LogP contribution in [0, 0.1) is 0 Å². The second-order valence-corrected chi connectivity index (χ2v) is 5.36. The Bertz CT molecular complexity index is 192. The molecule has 0 aromatic carbocycles. The van der Waals surface area contributed by atoms with Crippen molar-refractivity contribution >= 4 is 28.5 Å². The molecule has 0 saturated heterocycles. The molecule has 3 nitrogen and oxygen atoms in total. The lowest BCUT2D eigenvalue weighted by atomic mass is 10.3. The second-order valence-electron chi connectivity index (χ2n) is 3.18. The van der Waals surface area contributed by atoms with Gasteiger partial charge in [-0.05, 0) is 20.8 Å². The van der Waals surface area contributed by atoms with Crippen molar-refractivity contribution in [1.82, 2.24) is 0 Å². The highest BCUT2D eigenvalue weighted by Crippen LogP contribution is 2.12. The smallest absolute Gasteiger partial charge is 0.212 e. The van der Waals surface area contributed by atoms with Crippen LogP contribution in [0.3, 0.4) is 0 Å². The summed E-state index contributed by atoms with van der Waals surface area (Å²) in [7, 11) is 0.171. The molecule has 0 aliphatic rings. The van der Waals surface area contributed by atoms with E-state index in [0.29, 0.717) is 5.90 Å². The van der Waals surface area contributed by atoms with Crippen molar-refractivity contribution in [2.45, 2.75) is 25.5 Å². The fraction of sp³-hybridized carbons (Fsp3) is 0.857. The van der Waals surface area contributed by atoms with Crippen LogP contribution < -0.4 is 0 Å². The summed E-state index contributed by atoms with van der Waals surface area (Å²) in [6.07, 6.45) is 0. The number of nitrogens with zero attached hydrogens (tertiary/aromatic N) is 1.